The van der Waals surface area contributed by atoms with Crippen LogP contribution >= 0.6 is 11.9 Å². The van der Waals surface area contributed by atoms with Crippen molar-refractivity contribution >= 4 is 17.6 Å². The van der Waals surface area contributed by atoms with Gasteiger partial charge in [0.25, 0.3) is 0 Å². The van der Waals surface area contributed by atoms with E-state index in [0.717, 1.165) is 23.5 Å². The lowest BCUT2D eigenvalue weighted by Crippen LogP contribution is -2.35. The van der Waals surface area contributed by atoms with Gasteiger partial charge in [-0.05, 0) is 31.7 Å². The van der Waals surface area contributed by atoms with Crippen LogP contribution < -0.4 is 14.4 Å². The summed E-state index contributed by atoms with van der Waals surface area (Å²) in [7, 11) is 0. The van der Waals surface area contributed by atoms with Gasteiger partial charge in [-0.3, -0.25) is 9.71 Å². The maximum atomic E-state index is 14.4. The SMILES string of the molecule is CSNCCCOc1cc(N2CCc3nc(-c4ccccn4)ncc3C2C)cc(F)c1F. The van der Waals surface area contributed by atoms with Crippen molar-refractivity contribution < 1.29 is 13.5 Å². The summed E-state index contributed by atoms with van der Waals surface area (Å²) in [6.45, 7) is 3.66. The van der Waals surface area contributed by atoms with Crippen molar-refractivity contribution in [2.24, 2.45) is 0 Å². The van der Waals surface area contributed by atoms with Crippen molar-refractivity contribution in [3.8, 4) is 17.3 Å². The fourth-order valence-electron chi connectivity index (χ4n) is 3.78. The number of ether oxygens (including phenoxy) is 1. The van der Waals surface area contributed by atoms with Gasteiger partial charge in [0.2, 0.25) is 5.82 Å². The van der Waals surface area contributed by atoms with E-state index in [1.165, 1.54) is 18.0 Å². The summed E-state index contributed by atoms with van der Waals surface area (Å²) in [6, 6.07) is 8.33. The van der Waals surface area contributed by atoms with Gasteiger partial charge in [-0.1, -0.05) is 18.0 Å². The Hall–Kier alpha value is -2.78. The maximum absolute atomic E-state index is 14.4. The number of hydrogen-bond donors (Lipinski definition) is 1. The highest BCUT2D eigenvalue weighted by Crippen LogP contribution is 2.36. The molecular weight excluding hydrogens is 432 g/mol. The van der Waals surface area contributed by atoms with E-state index in [-0.39, 0.29) is 11.8 Å². The summed E-state index contributed by atoms with van der Waals surface area (Å²) >= 11 is 1.51. The second-order valence-corrected chi connectivity index (χ2v) is 8.17. The molecule has 1 aliphatic heterocycles. The first kappa shape index (κ1) is 22.4. The third-order valence-electron chi connectivity index (χ3n) is 5.44. The third kappa shape index (κ3) is 4.83. The number of pyridine rings is 1. The number of anilines is 1. The average Bonchev–Trinajstić information content (AvgIpc) is 2.82. The van der Waals surface area contributed by atoms with E-state index in [0.29, 0.717) is 37.5 Å². The van der Waals surface area contributed by atoms with Gasteiger partial charge in [-0.2, -0.15) is 4.39 Å². The fourth-order valence-corrected chi connectivity index (χ4v) is 4.13. The second kappa shape index (κ2) is 10.2. The van der Waals surface area contributed by atoms with Crippen LogP contribution in [0.15, 0.2) is 42.7 Å². The fraction of sp³-hybridized carbons (Fsp3) is 0.348. The summed E-state index contributed by atoms with van der Waals surface area (Å²) in [6.07, 6.45) is 6.80. The Morgan fingerprint density at radius 1 is 1.25 bits per heavy atom. The van der Waals surface area contributed by atoms with E-state index < -0.39 is 11.6 Å². The number of fused-ring (bicyclic) bond motifs is 1. The molecule has 0 bridgehead atoms. The molecule has 2 aromatic heterocycles. The Balaban J connectivity index is 1.54. The molecule has 0 saturated heterocycles. The smallest absolute Gasteiger partial charge is 0.200 e. The largest absolute Gasteiger partial charge is 0.490 e. The average molecular weight is 458 g/mol. The number of nitrogens with one attached hydrogen (secondary N) is 1. The van der Waals surface area contributed by atoms with E-state index in [9.17, 15) is 8.78 Å². The van der Waals surface area contributed by atoms with E-state index in [2.05, 4.69) is 14.7 Å². The minimum atomic E-state index is -0.958. The number of nitrogens with zero attached hydrogens (tertiary/aromatic N) is 4. The Labute approximate surface area is 190 Å². The Kier molecular flexibility index (Phi) is 7.16. The van der Waals surface area contributed by atoms with Gasteiger partial charge in [-0.15, -0.1) is 0 Å². The van der Waals surface area contributed by atoms with Crippen LogP contribution in [0.25, 0.3) is 11.5 Å². The molecule has 0 spiro atoms. The highest BCUT2D eigenvalue weighted by atomic mass is 32.2. The first-order valence-corrected chi connectivity index (χ1v) is 11.7. The van der Waals surface area contributed by atoms with Crippen LogP contribution in [0.2, 0.25) is 0 Å². The number of benzene rings is 1. The van der Waals surface area contributed by atoms with Gasteiger partial charge >= 0.3 is 0 Å². The maximum Gasteiger partial charge on any atom is 0.200 e. The van der Waals surface area contributed by atoms with Crippen LogP contribution in [-0.4, -0.2) is 40.9 Å². The molecule has 168 valence electrons. The van der Waals surface area contributed by atoms with Crippen LogP contribution in [-0.2, 0) is 6.42 Å². The van der Waals surface area contributed by atoms with Crippen LogP contribution in [0.5, 0.6) is 5.75 Å². The number of halogens is 2. The van der Waals surface area contributed by atoms with Crippen molar-refractivity contribution in [1.29, 1.82) is 0 Å². The minimum Gasteiger partial charge on any atom is -0.490 e. The van der Waals surface area contributed by atoms with E-state index in [4.69, 9.17) is 9.72 Å². The van der Waals surface area contributed by atoms with Gasteiger partial charge in [0.15, 0.2) is 17.4 Å². The van der Waals surface area contributed by atoms with Crippen LogP contribution in [0.3, 0.4) is 0 Å². The van der Waals surface area contributed by atoms with Crippen LogP contribution in [0.4, 0.5) is 14.5 Å². The Morgan fingerprint density at radius 3 is 2.91 bits per heavy atom. The quantitative estimate of drug-likeness (QED) is 0.392. The molecule has 0 saturated carbocycles. The Morgan fingerprint density at radius 2 is 2.12 bits per heavy atom. The van der Waals surface area contributed by atoms with Crippen LogP contribution in [0.1, 0.15) is 30.6 Å². The lowest BCUT2D eigenvalue weighted by molar-refractivity contribution is 0.291. The molecule has 1 unspecified atom stereocenters. The summed E-state index contributed by atoms with van der Waals surface area (Å²) < 4.78 is 37.3. The molecule has 1 atom stereocenters. The monoisotopic (exact) mass is 457 g/mol. The number of aromatic nitrogens is 3. The molecule has 32 heavy (non-hydrogen) atoms. The van der Waals surface area contributed by atoms with Gasteiger partial charge in [0, 0.05) is 55.3 Å². The molecule has 0 radical (unpaired) electrons. The summed E-state index contributed by atoms with van der Waals surface area (Å²) in [4.78, 5) is 15.5. The molecule has 6 nitrogen and oxygen atoms in total. The van der Waals surface area contributed by atoms with Gasteiger partial charge < -0.3 is 9.64 Å². The second-order valence-electron chi connectivity index (χ2n) is 7.47. The molecule has 0 fully saturated rings. The normalized spacial score (nSPS) is 15.5. The molecular formula is C23H25F2N5OS. The summed E-state index contributed by atoms with van der Waals surface area (Å²) in [5, 5.41) is 0. The molecule has 1 aliphatic rings. The summed E-state index contributed by atoms with van der Waals surface area (Å²) in [5.74, 6) is -1.35. The van der Waals surface area contributed by atoms with Crippen molar-refractivity contribution in [2.45, 2.75) is 25.8 Å². The highest BCUT2D eigenvalue weighted by molar-refractivity contribution is 7.96. The zero-order valence-electron chi connectivity index (χ0n) is 18.0. The molecule has 0 amide bonds. The van der Waals surface area contributed by atoms with Crippen molar-refractivity contribution in [1.82, 2.24) is 19.7 Å². The topological polar surface area (TPSA) is 63.2 Å². The molecule has 9 heteroatoms. The van der Waals surface area contributed by atoms with Gasteiger partial charge in [-0.25, -0.2) is 14.4 Å². The predicted octanol–water partition coefficient (Wildman–Crippen LogP) is 4.58. The lowest BCUT2D eigenvalue weighted by Gasteiger charge is -2.36. The Bertz CT molecular complexity index is 1070. The molecule has 4 rings (SSSR count). The van der Waals surface area contributed by atoms with E-state index in [1.807, 2.05) is 36.3 Å². The number of rotatable bonds is 8. The molecule has 1 N–H and O–H groups in total. The van der Waals surface area contributed by atoms with E-state index in [1.54, 1.807) is 18.5 Å². The lowest BCUT2D eigenvalue weighted by atomic mass is 9.98. The highest BCUT2D eigenvalue weighted by Gasteiger charge is 2.27. The van der Waals surface area contributed by atoms with Crippen LogP contribution in [0, 0.1) is 11.6 Å². The first-order valence-electron chi connectivity index (χ1n) is 10.5. The molecule has 3 aromatic rings. The summed E-state index contributed by atoms with van der Waals surface area (Å²) in [5.41, 5.74) is 3.21. The molecule has 3 heterocycles. The zero-order valence-corrected chi connectivity index (χ0v) is 18.8. The van der Waals surface area contributed by atoms with Crippen molar-refractivity contribution in [3.63, 3.8) is 0 Å². The van der Waals surface area contributed by atoms with Gasteiger partial charge in [0.1, 0.15) is 5.69 Å². The molecule has 1 aromatic carbocycles. The zero-order chi connectivity index (χ0) is 22.5. The molecule has 0 aliphatic carbocycles. The number of hydrogen-bond acceptors (Lipinski definition) is 7. The van der Waals surface area contributed by atoms with Crippen molar-refractivity contribution in [2.75, 3.05) is 30.9 Å². The van der Waals surface area contributed by atoms with Gasteiger partial charge in [0.05, 0.1) is 18.3 Å². The first-order chi connectivity index (χ1) is 15.6. The third-order valence-corrected chi connectivity index (χ3v) is 5.93. The minimum absolute atomic E-state index is 0.0658. The van der Waals surface area contributed by atoms with Crippen molar-refractivity contribution in [3.05, 3.63) is 65.6 Å². The van der Waals surface area contributed by atoms with E-state index >= 15 is 0 Å². The predicted molar refractivity (Wildman–Crippen MR) is 123 cm³/mol. The standard InChI is InChI=1S/C23H25F2N5OS/c1-15-17-14-27-23(20-6-3-4-8-26-20)29-19(17)7-10-30(15)16-12-18(24)22(25)21(13-16)31-11-5-9-28-32-2/h3-4,6,8,12-15,28H,5,7,9-11H2,1-2H3.